The van der Waals surface area contributed by atoms with Gasteiger partial charge >= 0.3 is 5.97 Å². The molecule has 23 heavy (non-hydrogen) atoms. The molecule has 0 rings (SSSR count). The van der Waals surface area contributed by atoms with Gasteiger partial charge in [-0.2, -0.15) is 12.6 Å². The zero-order chi connectivity index (χ0) is 17.8. The minimum absolute atomic E-state index is 0.0543. The van der Waals surface area contributed by atoms with Crippen LogP contribution in [0.5, 0.6) is 0 Å². The SMILES string of the molecule is CCC(C)C(NC(=O)CNC[C@@H](N)CS)C(=O)NCC(=O)OC. The van der Waals surface area contributed by atoms with Crippen LogP contribution < -0.4 is 21.7 Å². The van der Waals surface area contributed by atoms with E-state index < -0.39 is 17.9 Å². The van der Waals surface area contributed by atoms with Crippen molar-refractivity contribution < 1.29 is 19.1 Å². The Morgan fingerprint density at radius 2 is 1.91 bits per heavy atom. The van der Waals surface area contributed by atoms with Gasteiger partial charge in [-0.3, -0.25) is 14.4 Å². The molecular weight excluding hydrogens is 320 g/mol. The summed E-state index contributed by atoms with van der Waals surface area (Å²) in [6.45, 7) is 4.06. The summed E-state index contributed by atoms with van der Waals surface area (Å²) in [5.41, 5.74) is 5.68. The number of rotatable bonds is 11. The first kappa shape index (κ1) is 21.7. The van der Waals surface area contributed by atoms with Gasteiger partial charge in [0.1, 0.15) is 12.6 Å². The summed E-state index contributed by atoms with van der Waals surface area (Å²) in [6.07, 6.45) is 0.703. The maximum absolute atomic E-state index is 12.1. The smallest absolute Gasteiger partial charge is 0.325 e. The van der Waals surface area contributed by atoms with Crippen LogP contribution in [0.2, 0.25) is 0 Å². The number of thiol groups is 1. The first-order valence-electron chi connectivity index (χ1n) is 7.56. The summed E-state index contributed by atoms with van der Waals surface area (Å²) in [5, 5.41) is 8.04. The van der Waals surface area contributed by atoms with E-state index in [4.69, 9.17) is 5.73 Å². The van der Waals surface area contributed by atoms with Crippen molar-refractivity contribution in [2.75, 3.05) is 32.5 Å². The third-order valence-corrected chi connectivity index (χ3v) is 3.84. The van der Waals surface area contributed by atoms with E-state index in [1.54, 1.807) is 0 Å². The Bertz CT molecular complexity index is 395. The van der Waals surface area contributed by atoms with Crippen molar-refractivity contribution in [1.29, 1.82) is 0 Å². The molecule has 0 spiro atoms. The van der Waals surface area contributed by atoms with Crippen LogP contribution in [0.25, 0.3) is 0 Å². The van der Waals surface area contributed by atoms with Gasteiger partial charge in [-0.1, -0.05) is 20.3 Å². The van der Waals surface area contributed by atoms with Gasteiger partial charge in [-0.25, -0.2) is 0 Å². The number of hydrogen-bond acceptors (Lipinski definition) is 7. The van der Waals surface area contributed by atoms with Crippen LogP contribution in [0.1, 0.15) is 20.3 Å². The molecule has 0 heterocycles. The third kappa shape index (κ3) is 9.42. The summed E-state index contributed by atoms with van der Waals surface area (Å²) in [4.78, 5) is 35.2. The fourth-order valence-corrected chi connectivity index (χ4v) is 1.83. The standard InChI is InChI=1S/C14H28N4O4S/c1-4-9(2)13(14(21)17-7-12(20)22-3)18-11(19)6-16-5-10(15)8-23/h9-10,13,16,23H,4-8,15H2,1-3H3,(H,17,21)(H,18,19)/t9?,10-,13?/m1/s1. The number of ether oxygens (including phenoxy) is 1. The number of hydrogen-bond donors (Lipinski definition) is 5. The van der Waals surface area contributed by atoms with Crippen molar-refractivity contribution in [2.24, 2.45) is 11.7 Å². The molecule has 0 radical (unpaired) electrons. The number of amides is 2. The number of carbonyl (C=O) groups excluding carboxylic acids is 3. The van der Waals surface area contributed by atoms with Gasteiger partial charge in [0.25, 0.3) is 0 Å². The lowest BCUT2D eigenvalue weighted by molar-refractivity contribution is -0.141. The molecule has 0 aromatic rings. The Balaban J connectivity index is 4.46. The lowest BCUT2D eigenvalue weighted by Crippen LogP contribution is -2.53. The lowest BCUT2D eigenvalue weighted by Gasteiger charge is -2.23. The minimum Gasteiger partial charge on any atom is -0.468 e. The van der Waals surface area contributed by atoms with Gasteiger partial charge in [0, 0.05) is 18.3 Å². The van der Waals surface area contributed by atoms with Gasteiger partial charge in [-0.05, 0) is 5.92 Å². The molecule has 2 unspecified atom stereocenters. The summed E-state index contributed by atoms with van der Waals surface area (Å²) < 4.78 is 4.47. The molecular formula is C14H28N4O4S. The molecule has 9 heteroatoms. The molecule has 0 aromatic carbocycles. The maximum atomic E-state index is 12.1. The predicted molar refractivity (Wildman–Crippen MR) is 91.1 cm³/mol. The molecule has 0 aliphatic heterocycles. The van der Waals surface area contributed by atoms with E-state index in [2.05, 4.69) is 33.3 Å². The number of carbonyl (C=O) groups is 3. The second-order valence-corrected chi connectivity index (χ2v) is 5.66. The molecule has 2 amide bonds. The van der Waals surface area contributed by atoms with Crippen LogP contribution in [-0.4, -0.2) is 62.4 Å². The third-order valence-electron chi connectivity index (χ3n) is 3.37. The highest BCUT2D eigenvalue weighted by Gasteiger charge is 2.26. The van der Waals surface area contributed by atoms with Gasteiger partial charge in [0.2, 0.25) is 11.8 Å². The zero-order valence-corrected chi connectivity index (χ0v) is 14.8. The van der Waals surface area contributed by atoms with Crippen molar-refractivity contribution in [1.82, 2.24) is 16.0 Å². The summed E-state index contributed by atoms with van der Waals surface area (Å²) in [7, 11) is 1.24. The molecule has 0 bridgehead atoms. The molecule has 0 saturated carbocycles. The van der Waals surface area contributed by atoms with Crippen molar-refractivity contribution in [3.05, 3.63) is 0 Å². The van der Waals surface area contributed by atoms with Crippen LogP contribution in [0.15, 0.2) is 0 Å². The van der Waals surface area contributed by atoms with Crippen LogP contribution in [0.4, 0.5) is 0 Å². The molecule has 0 fully saturated rings. The van der Waals surface area contributed by atoms with E-state index in [0.29, 0.717) is 18.7 Å². The fourth-order valence-electron chi connectivity index (χ4n) is 1.70. The number of nitrogens with two attached hydrogens (primary N) is 1. The molecule has 8 nitrogen and oxygen atoms in total. The van der Waals surface area contributed by atoms with E-state index in [1.165, 1.54) is 7.11 Å². The van der Waals surface area contributed by atoms with Crippen molar-refractivity contribution >= 4 is 30.4 Å². The van der Waals surface area contributed by atoms with E-state index in [1.807, 2.05) is 13.8 Å². The average Bonchev–Trinajstić information content (AvgIpc) is 2.56. The Kier molecular flexibility index (Phi) is 11.4. The number of esters is 1. The van der Waals surface area contributed by atoms with Crippen LogP contribution in [0.3, 0.4) is 0 Å². The van der Waals surface area contributed by atoms with Gasteiger partial charge in [0.05, 0.1) is 13.7 Å². The molecule has 0 aliphatic carbocycles. The van der Waals surface area contributed by atoms with E-state index >= 15 is 0 Å². The largest absolute Gasteiger partial charge is 0.468 e. The summed E-state index contributed by atoms with van der Waals surface area (Å²) in [6, 6.07) is -0.850. The predicted octanol–water partition coefficient (Wildman–Crippen LogP) is -1.35. The molecule has 0 saturated heterocycles. The maximum Gasteiger partial charge on any atom is 0.325 e. The van der Waals surface area contributed by atoms with Crippen molar-refractivity contribution in [3.63, 3.8) is 0 Å². The highest BCUT2D eigenvalue weighted by Crippen LogP contribution is 2.07. The summed E-state index contributed by atoms with van der Waals surface area (Å²) in [5.74, 6) is -0.827. The monoisotopic (exact) mass is 348 g/mol. The van der Waals surface area contributed by atoms with E-state index in [9.17, 15) is 14.4 Å². The summed E-state index contributed by atoms with van der Waals surface area (Å²) >= 11 is 4.05. The van der Waals surface area contributed by atoms with Crippen molar-refractivity contribution in [3.8, 4) is 0 Å². The van der Waals surface area contributed by atoms with Crippen LogP contribution in [0, 0.1) is 5.92 Å². The normalized spacial score (nSPS) is 14.5. The van der Waals surface area contributed by atoms with Gasteiger partial charge in [0.15, 0.2) is 0 Å². The second kappa shape index (κ2) is 12.1. The highest BCUT2D eigenvalue weighted by atomic mass is 32.1. The van der Waals surface area contributed by atoms with Crippen molar-refractivity contribution in [2.45, 2.75) is 32.4 Å². The van der Waals surface area contributed by atoms with Crippen LogP contribution >= 0.6 is 12.6 Å². The van der Waals surface area contributed by atoms with Crippen LogP contribution in [-0.2, 0) is 19.1 Å². The molecule has 0 aliphatic rings. The fraction of sp³-hybridized carbons (Fsp3) is 0.786. The topological polar surface area (TPSA) is 123 Å². The number of nitrogens with one attached hydrogen (secondary N) is 3. The first-order valence-corrected chi connectivity index (χ1v) is 8.19. The Morgan fingerprint density at radius 3 is 2.43 bits per heavy atom. The Labute approximate surface area is 142 Å². The lowest BCUT2D eigenvalue weighted by atomic mass is 9.98. The van der Waals surface area contributed by atoms with E-state index in [0.717, 1.165) is 0 Å². The molecule has 134 valence electrons. The minimum atomic E-state index is -0.711. The highest BCUT2D eigenvalue weighted by molar-refractivity contribution is 7.80. The average molecular weight is 348 g/mol. The van der Waals surface area contributed by atoms with Gasteiger partial charge in [-0.15, -0.1) is 0 Å². The zero-order valence-electron chi connectivity index (χ0n) is 13.9. The second-order valence-electron chi connectivity index (χ2n) is 5.30. The van der Waals surface area contributed by atoms with Gasteiger partial charge < -0.3 is 26.4 Å². The Hall–Kier alpha value is -1.32. The number of methoxy groups -OCH3 is 1. The molecule has 5 N–H and O–H groups in total. The first-order chi connectivity index (χ1) is 10.8. The van der Waals surface area contributed by atoms with E-state index in [-0.39, 0.29) is 31.0 Å². The Morgan fingerprint density at radius 1 is 1.26 bits per heavy atom. The molecule has 0 aromatic heterocycles. The molecule has 3 atom stereocenters. The quantitative estimate of drug-likeness (QED) is 0.232.